The maximum atomic E-state index is 10.6. The molecule has 0 unspecified atom stereocenters. The number of ether oxygens (including phenoxy) is 1. The smallest absolute Gasteiger partial charge is 0.394 e. The summed E-state index contributed by atoms with van der Waals surface area (Å²) in [5, 5.41) is 0. The van der Waals surface area contributed by atoms with Gasteiger partial charge in [-0.1, -0.05) is 0 Å². The van der Waals surface area contributed by atoms with Crippen LogP contribution in [0.5, 0.6) is 0 Å². The van der Waals surface area contributed by atoms with Crippen LogP contribution in [0.25, 0.3) is 0 Å². The number of carbonyl (C=O) groups is 1. The number of oxazole rings is 1. The van der Waals surface area contributed by atoms with Gasteiger partial charge in [0.15, 0.2) is 0 Å². The molecular formula is C5H4BrNO3. The summed E-state index contributed by atoms with van der Waals surface area (Å²) in [5.74, 6) is -0.625. The Morgan fingerprint density at radius 3 is 3.00 bits per heavy atom. The zero-order valence-electron chi connectivity index (χ0n) is 5.13. The average molecular weight is 206 g/mol. The second kappa shape index (κ2) is 2.83. The summed E-state index contributed by atoms with van der Waals surface area (Å²) in [6.07, 6.45) is 1.31. The topological polar surface area (TPSA) is 52.3 Å². The molecule has 0 saturated carbocycles. The number of carbonyl (C=O) groups excluding carboxylic acids is 1. The van der Waals surface area contributed by atoms with E-state index in [1.807, 2.05) is 0 Å². The molecule has 0 atom stereocenters. The number of esters is 1. The van der Waals surface area contributed by atoms with Crippen LogP contribution in [0.2, 0.25) is 0 Å². The fraction of sp³-hybridized carbons (Fsp3) is 0.200. The Labute approximate surface area is 65.3 Å². The van der Waals surface area contributed by atoms with Gasteiger partial charge in [0.2, 0.25) is 0 Å². The normalized spacial score (nSPS) is 9.40. The standard InChI is InChI=1S/C5H4BrNO3/c1-9-5(8)4-7-3(6)2-10-4/h2H,1H3. The summed E-state index contributed by atoms with van der Waals surface area (Å²) in [6.45, 7) is 0. The maximum absolute atomic E-state index is 10.6. The molecule has 0 saturated heterocycles. The molecule has 0 aliphatic carbocycles. The molecule has 0 amide bonds. The van der Waals surface area contributed by atoms with Crippen LogP contribution in [-0.4, -0.2) is 18.1 Å². The van der Waals surface area contributed by atoms with Gasteiger partial charge < -0.3 is 9.15 Å². The highest BCUT2D eigenvalue weighted by molar-refractivity contribution is 9.10. The molecule has 0 spiro atoms. The summed E-state index contributed by atoms with van der Waals surface area (Å²) < 4.78 is 9.50. The lowest BCUT2D eigenvalue weighted by atomic mass is 10.7. The summed E-state index contributed by atoms with van der Waals surface area (Å²) in [5.41, 5.74) is 0. The van der Waals surface area contributed by atoms with Crippen LogP contribution in [-0.2, 0) is 4.74 Å². The highest BCUT2D eigenvalue weighted by atomic mass is 79.9. The van der Waals surface area contributed by atoms with Gasteiger partial charge in [0.05, 0.1) is 7.11 Å². The van der Waals surface area contributed by atoms with E-state index in [4.69, 9.17) is 0 Å². The van der Waals surface area contributed by atoms with E-state index < -0.39 is 5.97 Å². The zero-order valence-corrected chi connectivity index (χ0v) is 6.71. The number of nitrogens with zero attached hydrogens (tertiary/aromatic N) is 1. The molecule has 0 aliphatic rings. The van der Waals surface area contributed by atoms with Gasteiger partial charge in [0.1, 0.15) is 10.9 Å². The molecular weight excluding hydrogens is 202 g/mol. The van der Waals surface area contributed by atoms with Crippen LogP contribution >= 0.6 is 15.9 Å². The Balaban J connectivity index is 2.85. The molecule has 5 heteroatoms. The minimum Gasteiger partial charge on any atom is -0.462 e. The number of methoxy groups -OCH3 is 1. The third-order valence-electron chi connectivity index (χ3n) is 0.836. The van der Waals surface area contributed by atoms with Gasteiger partial charge in [-0.05, 0) is 15.9 Å². The average Bonchev–Trinajstić information content (AvgIpc) is 2.34. The fourth-order valence-corrected chi connectivity index (χ4v) is 0.690. The molecule has 0 radical (unpaired) electrons. The monoisotopic (exact) mass is 205 g/mol. The SMILES string of the molecule is COC(=O)c1nc(Br)co1. The van der Waals surface area contributed by atoms with Gasteiger partial charge in [-0.2, -0.15) is 4.98 Å². The quantitative estimate of drug-likeness (QED) is 0.648. The molecule has 1 aromatic rings. The van der Waals surface area contributed by atoms with E-state index in [1.54, 1.807) is 0 Å². The molecule has 0 bridgehead atoms. The predicted octanol–water partition coefficient (Wildman–Crippen LogP) is 1.22. The van der Waals surface area contributed by atoms with Crippen molar-refractivity contribution in [1.82, 2.24) is 4.98 Å². The number of hydrogen-bond acceptors (Lipinski definition) is 4. The predicted molar refractivity (Wildman–Crippen MR) is 35.5 cm³/mol. The number of aromatic nitrogens is 1. The van der Waals surface area contributed by atoms with Crippen molar-refractivity contribution in [2.45, 2.75) is 0 Å². The second-order valence-corrected chi connectivity index (χ2v) is 2.28. The van der Waals surface area contributed by atoms with E-state index in [0.717, 1.165) is 0 Å². The molecule has 54 valence electrons. The maximum Gasteiger partial charge on any atom is 0.394 e. The van der Waals surface area contributed by atoms with E-state index in [9.17, 15) is 4.79 Å². The van der Waals surface area contributed by atoms with Crippen molar-refractivity contribution in [3.05, 3.63) is 16.8 Å². The Kier molecular flexibility index (Phi) is 2.06. The summed E-state index contributed by atoms with van der Waals surface area (Å²) in [4.78, 5) is 14.3. The van der Waals surface area contributed by atoms with E-state index in [-0.39, 0.29) is 5.89 Å². The minimum absolute atomic E-state index is 0.0469. The van der Waals surface area contributed by atoms with Crippen LogP contribution in [0.4, 0.5) is 0 Å². The molecule has 0 N–H and O–H groups in total. The van der Waals surface area contributed by atoms with Crippen LogP contribution in [0.1, 0.15) is 10.7 Å². The van der Waals surface area contributed by atoms with Crippen LogP contribution in [0.3, 0.4) is 0 Å². The van der Waals surface area contributed by atoms with Crippen molar-refractivity contribution < 1.29 is 13.9 Å². The highest BCUT2D eigenvalue weighted by Crippen LogP contribution is 2.08. The molecule has 1 heterocycles. The Bertz CT molecular complexity index is 245. The van der Waals surface area contributed by atoms with Crippen molar-refractivity contribution in [2.24, 2.45) is 0 Å². The van der Waals surface area contributed by atoms with Gasteiger partial charge in [-0.15, -0.1) is 0 Å². The van der Waals surface area contributed by atoms with E-state index in [0.29, 0.717) is 4.60 Å². The van der Waals surface area contributed by atoms with E-state index >= 15 is 0 Å². The number of rotatable bonds is 1. The van der Waals surface area contributed by atoms with Crippen molar-refractivity contribution in [2.75, 3.05) is 7.11 Å². The molecule has 1 rings (SSSR count). The third kappa shape index (κ3) is 1.36. The summed E-state index contributed by atoms with van der Waals surface area (Å²) in [6, 6.07) is 0. The van der Waals surface area contributed by atoms with Crippen LogP contribution in [0.15, 0.2) is 15.3 Å². The Morgan fingerprint density at radius 2 is 2.60 bits per heavy atom. The lowest BCUT2D eigenvalue weighted by molar-refractivity contribution is 0.0556. The van der Waals surface area contributed by atoms with Crippen molar-refractivity contribution in [3.63, 3.8) is 0 Å². The fourth-order valence-electron chi connectivity index (χ4n) is 0.435. The van der Waals surface area contributed by atoms with Gasteiger partial charge >= 0.3 is 11.9 Å². The minimum atomic E-state index is -0.578. The number of halogens is 1. The lowest BCUT2D eigenvalue weighted by Crippen LogP contribution is -2.00. The van der Waals surface area contributed by atoms with E-state index in [2.05, 4.69) is 30.1 Å². The highest BCUT2D eigenvalue weighted by Gasteiger charge is 2.11. The summed E-state index contributed by atoms with van der Waals surface area (Å²) >= 11 is 3.02. The molecule has 4 nitrogen and oxygen atoms in total. The van der Waals surface area contributed by atoms with Gasteiger partial charge in [-0.3, -0.25) is 0 Å². The van der Waals surface area contributed by atoms with Gasteiger partial charge in [-0.25, -0.2) is 4.79 Å². The van der Waals surface area contributed by atoms with Crippen LogP contribution in [0, 0.1) is 0 Å². The van der Waals surface area contributed by atoms with Gasteiger partial charge in [0.25, 0.3) is 0 Å². The summed E-state index contributed by atoms with van der Waals surface area (Å²) in [7, 11) is 1.26. The molecule has 1 aromatic heterocycles. The second-order valence-electron chi connectivity index (χ2n) is 1.47. The Hall–Kier alpha value is -0.840. The van der Waals surface area contributed by atoms with Crippen molar-refractivity contribution in [1.29, 1.82) is 0 Å². The molecule has 0 aliphatic heterocycles. The lowest BCUT2D eigenvalue weighted by Gasteiger charge is -1.88. The van der Waals surface area contributed by atoms with Crippen LogP contribution < -0.4 is 0 Å². The first-order chi connectivity index (χ1) is 4.74. The molecule has 0 aromatic carbocycles. The first-order valence-corrected chi connectivity index (χ1v) is 3.22. The first kappa shape index (κ1) is 7.27. The molecule has 10 heavy (non-hydrogen) atoms. The molecule has 0 fully saturated rings. The van der Waals surface area contributed by atoms with Gasteiger partial charge in [0, 0.05) is 0 Å². The Morgan fingerprint density at radius 1 is 1.90 bits per heavy atom. The third-order valence-corrected chi connectivity index (χ3v) is 1.20. The zero-order chi connectivity index (χ0) is 7.56. The van der Waals surface area contributed by atoms with Crippen molar-refractivity contribution >= 4 is 21.9 Å². The largest absolute Gasteiger partial charge is 0.462 e. The first-order valence-electron chi connectivity index (χ1n) is 2.43. The van der Waals surface area contributed by atoms with Crippen molar-refractivity contribution in [3.8, 4) is 0 Å². The van der Waals surface area contributed by atoms with E-state index in [1.165, 1.54) is 13.4 Å². The number of hydrogen-bond donors (Lipinski definition) is 0.